The molecule has 2 N–H and O–H groups in total. The summed E-state index contributed by atoms with van der Waals surface area (Å²) < 4.78 is 5.00. The van der Waals surface area contributed by atoms with Gasteiger partial charge in [0.05, 0.1) is 7.11 Å². The molecular formula is C8H10BNO. The van der Waals surface area contributed by atoms with E-state index in [-0.39, 0.29) is 0 Å². The summed E-state index contributed by atoms with van der Waals surface area (Å²) in [6.07, 6.45) is 0. The Labute approximate surface area is 67.8 Å². The molecule has 2 radical (unpaired) electrons. The van der Waals surface area contributed by atoms with Gasteiger partial charge in [-0.2, -0.15) is 0 Å². The Morgan fingerprint density at radius 1 is 1.55 bits per heavy atom. The molecule has 56 valence electrons. The molecule has 0 bridgehead atoms. The minimum atomic E-state index is 0.447. The lowest BCUT2D eigenvalue weighted by molar-refractivity contribution is 0.414. The first-order valence-corrected chi connectivity index (χ1v) is 3.40. The molecule has 1 rings (SSSR count). The first-order chi connectivity index (χ1) is 5.27. The summed E-state index contributed by atoms with van der Waals surface area (Å²) >= 11 is 0. The molecule has 1 aromatic carbocycles. The Morgan fingerprint density at radius 3 is 2.82 bits per heavy atom. The first kappa shape index (κ1) is 8.14. The van der Waals surface area contributed by atoms with Crippen LogP contribution in [0.5, 0.6) is 5.75 Å². The number of benzene rings is 1. The predicted molar refractivity (Wildman–Crippen MR) is 46.3 cm³/mol. The Hall–Kier alpha value is -0.955. The maximum atomic E-state index is 5.62. The summed E-state index contributed by atoms with van der Waals surface area (Å²) in [6.45, 7) is 0.447. The highest BCUT2D eigenvalue weighted by molar-refractivity contribution is 6.33. The lowest BCUT2D eigenvalue weighted by Crippen LogP contribution is -2.13. The molecule has 0 aliphatic carbocycles. The fraction of sp³-hybridized carbons (Fsp3) is 0.250. The van der Waals surface area contributed by atoms with Gasteiger partial charge in [-0.1, -0.05) is 11.5 Å². The van der Waals surface area contributed by atoms with Crippen molar-refractivity contribution >= 4 is 13.3 Å². The maximum absolute atomic E-state index is 5.62. The number of methoxy groups -OCH3 is 1. The van der Waals surface area contributed by atoms with Crippen molar-refractivity contribution < 1.29 is 4.74 Å². The Bertz CT molecular complexity index is 250. The largest absolute Gasteiger partial charge is 0.497 e. The highest BCUT2D eigenvalue weighted by Gasteiger charge is 1.96. The van der Waals surface area contributed by atoms with Crippen molar-refractivity contribution in [3.8, 4) is 5.75 Å². The van der Waals surface area contributed by atoms with Crippen LogP contribution >= 0.6 is 0 Å². The molecule has 0 aromatic heterocycles. The quantitative estimate of drug-likeness (QED) is 0.595. The zero-order valence-corrected chi connectivity index (χ0v) is 6.50. The molecule has 3 heteroatoms. The van der Waals surface area contributed by atoms with Crippen LogP contribution in [0.3, 0.4) is 0 Å². The standard InChI is InChI=1S/C8H10BNO/c1-11-7-2-3-8(9)6(4-7)5-10/h2-4H,5,10H2,1H3. The molecule has 1 aromatic rings. The van der Waals surface area contributed by atoms with Gasteiger partial charge in [0.25, 0.3) is 0 Å². The van der Waals surface area contributed by atoms with Crippen molar-refractivity contribution in [2.45, 2.75) is 6.54 Å². The molecule has 0 fully saturated rings. The summed E-state index contributed by atoms with van der Waals surface area (Å²) in [5, 5.41) is 0. The second-order valence-corrected chi connectivity index (χ2v) is 2.27. The van der Waals surface area contributed by atoms with Crippen molar-refractivity contribution in [1.82, 2.24) is 0 Å². The van der Waals surface area contributed by atoms with Crippen molar-refractivity contribution in [2.75, 3.05) is 7.11 Å². The maximum Gasteiger partial charge on any atom is 0.119 e. The van der Waals surface area contributed by atoms with E-state index in [9.17, 15) is 0 Å². The minimum absolute atomic E-state index is 0.447. The van der Waals surface area contributed by atoms with Gasteiger partial charge in [-0.05, 0) is 17.7 Å². The number of ether oxygens (including phenoxy) is 1. The van der Waals surface area contributed by atoms with Gasteiger partial charge in [0.2, 0.25) is 0 Å². The van der Waals surface area contributed by atoms with Gasteiger partial charge in [-0.15, -0.1) is 0 Å². The van der Waals surface area contributed by atoms with Crippen LogP contribution in [0.15, 0.2) is 18.2 Å². The SMILES string of the molecule is [B]c1ccc(OC)cc1CN. The van der Waals surface area contributed by atoms with Crippen molar-refractivity contribution in [1.29, 1.82) is 0 Å². The molecule has 0 saturated carbocycles. The van der Waals surface area contributed by atoms with Crippen LogP contribution in [0, 0.1) is 0 Å². The van der Waals surface area contributed by atoms with E-state index in [0.717, 1.165) is 11.3 Å². The van der Waals surface area contributed by atoms with E-state index in [1.54, 1.807) is 13.2 Å². The van der Waals surface area contributed by atoms with Gasteiger partial charge in [-0.25, -0.2) is 0 Å². The average molecular weight is 147 g/mol. The van der Waals surface area contributed by atoms with Crippen molar-refractivity contribution in [3.63, 3.8) is 0 Å². The molecule has 0 amide bonds. The first-order valence-electron chi connectivity index (χ1n) is 3.40. The summed E-state index contributed by atoms with van der Waals surface area (Å²) in [4.78, 5) is 0. The molecule has 0 spiro atoms. The number of nitrogens with two attached hydrogens (primary N) is 1. The predicted octanol–water partition coefficient (Wildman–Crippen LogP) is -0.0523. The summed E-state index contributed by atoms with van der Waals surface area (Å²) in [5.41, 5.74) is 7.08. The molecular weight excluding hydrogens is 137 g/mol. The Balaban J connectivity index is 3.02. The van der Waals surface area contributed by atoms with Crippen LogP contribution in [0.2, 0.25) is 0 Å². The van der Waals surface area contributed by atoms with Crippen molar-refractivity contribution in [2.24, 2.45) is 5.73 Å². The second-order valence-electron chi connectivity index (χ2n) is 2.27. The summed E-state index contributed by atoms with van der Waals surface area (Å²) in [7, 11) is 7.24. The third kappa shape index (κ3) is 1.74. The van der Waals surface area contributed by atoms with E-state index in [1.165, 1.54) is 0 Å². The molecule has 0 atom stereocenters. The van der Waals surface area contributed by atoms with Gasteiger partial charge < -0.3 is 10.5 Å². The van der Waals surface area contributed by atoms with E-state index in [2.05, 4.69) is 0 Å². The molecule has 0 heterocycles. The smallest absolute Gasteiger partial charge is 0.119 e. The van der Waals surface area contributed by atoms with Crippen LogP contribution in [0.1, 0.15) is 5.56 Å². The fourth-order valence-electron chi connectivity index (χ4n) is 0.886. The fourth-order valence-corrected chi connectivity index (χ4v) is 0.886. The zero-order valence-electron chi connectivity index (χ0n) is 6.50. The van der Waals surface area contributed by atoms with Gasteiger partial charge in [0, 0.05) is 6.54 Å². The molecule has 0 unspecified atom stereocenters. The molecule has 0 saturated heterocycles. The molecule has 0 aliphatic rings. The van der Waals surface area contributed by atoms with E-state index in [0.29, 0.717) is 12.0 Å². The summed E-state index contributed by atoms with van der Waals surface area (Å²) in [5.74, 6) is 0.791. The van der Waals surface area contributed by atoms with Gasteiger partial charge >= 0.3 is 0 Å². The van der Waals surface area contributed by atoms with Crippen LogP contribution in [0.4, 0.5) is 0 Å². The topological polar surface area (TPSA) is 35.2 Å². The molecule has 2 nitrogen and oxygen atoms in total. The number of hydrogen-bond acceptors (Lipinski definition) is 2. The lowest BCUT2D eigenvalue weighted by atomic mass is 9.90. The van der Waals surface area contributed by atoms with E-state index in [1.807, 2.05) is 12.1 Å². The third-order valence-corrected chi connectivity index (χ3v) is 1.57. The van der Waals surface area contributed by atoms with Crippen LogP contribution in [0.25, 0.3) is 0 Å². The second kappa shape index (κ2) is 3.44. The van der Waals surface area contributed by atoms with Crippen LogP contribution < -0.4 is 15.9 Å². The normalized spacial score (nSPS) is 9.64. The monoisotopic (exact) mass is 147 g/mol. The minimum Gasteiger partial charge on any atom is -0.497 e. The van der Waals surface area contributed by atoms with Gasteiger partial charge in [0.1, 0.15) is 13.6 Å². The van der Waals surface area contributed by atoms with E-state index in [4.69, 9.17) is 18.3 Å². The number of rotatable bonds is 2. The third-order valence-electron chi connectivity index (χ3n) is 1.57. The van der Waals surface area contributed by atoms with Crippen LogP contribution in [-0.2, 0) is 6.54 Å². The average Bonchev–Trinajstić information content (AvgIpc) is 2.05. The zero-order chi connectivity index (χ0) is 8.27. The molecule has 0 aliphatic heterocycles. The van der Waals surface area contributed by atoms with E-state index < -0.39 is 0 Å². The summed E-state index contributed by atoms with van der Waals surface area (Å²) in [6, 6.07) is 5.45. The Morgan fingerprint density at radius 2 is 2.27 bits per heavy atom. The van der Waals surface area contributed by atoms with Crippen molar-refractivity contribution in [3.05, 3.63) is 23.8 Å². The van der Waals surface area contributed by atoms with Gasteiger partial charge in [-0.3, -0.25) is 0 Å². The highest BCUT2D eigenvalue weighted by Crippen LogP contribution is 2.09. The van der Waals surface area contributed by atoms with Crippen LogP contribution in [-0.4, -0.2) is 15.0 Å². The van der Waals surface area contributed by atoms with Gasteiger partial charge in [0.15, 0.2) is 0 Å². The Kier molecular flexibility index (Phi) is 2.55. The molecule has 11 heavy (non-hydrogen) atoms. The highest BCUT2D eigenvalue weighted by atomic mass is 16.5. The number of hydrogen-bond donors (Lipinski definition) is 1. The van der Waals surface area contributed by atoms with E-state index >= 15 is 0 Å². The lowest BCUT2D eigenvalue weighted by Gasteiger charge is -2.05.